The van der Waals surface area contributed by atoms with E-state index < -0.39 is 0 Å². The lowest BCUT2D eigenvalue weighted by atomic mass is 9.96. The monoisotopic (exact) mass is 342 g/mol. The van der Waals surface area contributed by atoms with Crippen LogP contribution < -0.4 is 10.6 Å². The molecule has 1 aliphatic carbocycles. The summed E-state index contributed by atoms with van der Waals surface area (Å²) in [6.45, 7) is 1.90. The van der Waals surface area contributed by atoms with Crippen LogP contribution in [0.1, 0.15) is 51.9 Å². The first kappa shape index (κ1) is 17.6. The van der Waals surface area contributed by atoms with Crippen LogP contribution >= 0.6 is 23.2 Å². The van der Waals surface area contributed by atoms with Crippen LogP contribution in [0, 0.1) is 0 Å². The van der Waals surface area contributed by atoms with Crippen molar-refractivity contribution < 1.29 is 4.79 Å². The minimum atomic E-state index is -0.240. The van der Waals surface area contributed by atoms with E-state index in [1.54, 1.807) is 18.2 Å². The largest absolute Gasteiger partial charge is 0.323 e. The summed E-state index contributed by atoms with van der Waals surface area (Å²) in [7, 11) is 0. The molecule has 1 aromatic rings. The molecule has 0 heterocycles. The van der Waals surface area contributed by atoms with Crippen molar-refractivity contribution in [3.05, 3.63) is 28.2 Å². The van der Waals surface area contributed by atoms with Gasteiger partial charge in [0.25, 0.3) is 0 Å². The SMILES string of the molecule is C[C@@H](NC1CCCCCCC1)C(=O)Nc1ccc(Cl)cc1Cl. The minimum absolute atomic E-state index is 0.0636. The second kappa shape index (κ2) is 8.76. The Balaban J connectivity index is 1.88. The van der Waals surface area contributed by atoms with E-state index in [9.17, 15) is 4.79 Å². The van der Waals surface area contributed by atoms with Gasteiger partial charge in [0.15, 0.2) is 0 Å². The summed E-state index contributed by atoms with van der Waals surface area (Å²) in [5, 5.41) is 7.34. The molecule has 0 bridgehead atoms. The molecular formula is C17H24Cl2N2O. The molecule has 1 aromatic carbocycles. The van der Waals surface area contributed by atoms with Crippen LogP contribution in [0.25, 0.3) is 0 Å². The van der Waals surface area contributed by atoms with Crippen molar-refractivity contribution in [2.45, 2.75) is 64.0 Å². The first-order chi connectivity index (χ1) is 10.6. The number of hydrogen-bond acceptors (Lipinski definition) is 2. The number of carbonyl (C=O) groups excluding carboxylic acids is 1. The van der Waals surface area contributed by atoms with Gasteiger partial charge in [0.2, 0.25) is 5.91 Å². The zero-order valence-corrected chi connectivity index (χ0v) is 14.5. The number of amides is 1. The molecule has 0 saturated heterocycles. The molecule has 0 spiro atoms. The standard InChI is InChI=1S/C17H24Cl2N2O/c1-12(20-14-7-5-3-2-4-6-8-14)17(22)21-16-10-9-13(18)11-15(16)19/h9-12,14,20H,2-8H2,1H3,(H,21,22)/t12-/m1/s1. The number of hydrogen-bond donors (Lipinski definition) is 2. The van der Waals surface area contributed by atoms with Gasteiger partial charge in [-0.3, -0.25) is 4.79 Å². The van der Waals surface area contributed by atoms with Crippen LogP contribution in [0.4, 0.5) is 5.69 Å². The lowest BCUT2D eigenvalue weighted by Crippen LogP contribution is -2.44. The van der Waals surface area contributed by atoms with Crippen LogP contribution in [0.3, 0.4) is 0 Å². The van der Waals surface area contributed by atoms with Crippen LogP contribution in [0.5, 0.6) is 0 Å². The van der Waals surface area contributed by atoms with E-state index in [0.717, 1.165) is 12.8 Å². The smallest absolute Gasteiger partial charge is 0.241 e. The highest BCUT2D eigenvalue weighted by molar-refractivity contribution is 6.36. The van der Waals surface area contributed by atoms with Gasteiger partial charge >= 0.3 is 0 Å². The van der Waals surface area contributed by atoms with Crippen molar-refractivity contribution in [2.75, 3.05) is 5.32 Å². The number of rotatable bonds is 4. The lowest BCUT2D eigenvalue weighted by molar-refractivity contribution is -0.118. The maximum Gasteiger partial charge on any atom is 0.241 e. The van der Waals surface area contributed by atoms with Gasteiger partial charge in [-0.25, -0.2) is 0 Å². The molecule has 2 rings (SSSR count). The van der Waals surface area contributed by atoms with Crippen LogP contribution in [0.15, 0.2) is 18.2 Å². The maximum absolute atomic E-state index is 12.3. The highest BCUT2D eigenvalue weighted by Crippen LogP contribution is 2.25. The molecule has 5 heteroatoms. The highest BCUT2D eigenvalue weighted by Gasteiger charge is 2.19. The van der Waals surface area contributed by atoms with E-state index in [4.69, 9.17) is 23.2 Å². The van der Waals surface area contributed by atoms with Gasteiger partial charge in [0.1, 0.15) is 0 Å². The summed E-state index contributed by atoms with van der Waals surface area (Å²) < 4.78 is 0. The fourth-order valence-corrected chi connectivity index (χ4v) is 3.34. The van der Waals surface area contributed by atoms with E-state index in [0.29, 0.717) is 21.8 Å². The van der Waals surface area contributed by atoms with Crippen molar-refractivity contribution in [2.24, 2.45) is 0 Å². The van der Waals surface area contributed by atoms with E-state index in [-0.39, 0.29) is 11.9 Å². The predicted octanol–water partition coefficient (Wildman–Crippen LogP) is 5.02. The molecule has 0 aliphatic heterocycles. The fraction of sp³-hybridized carbons (Fsp3) is 0.588. The van der Waals surface area contributed by atoms with E-state index >= 15 is 0 Å². The minimum Gasteiger partial charge on any atom is -0.323 e. The molecule has 1 fully saturated rings. The average molecular weight is 343 g/mol. The quantitative estimate of drug-likeness (QED) is 0.806. The van der Waals surface area contributed by atoms with Crippen molar-refractivity contribution in [1.82, 2.24) is 5.32 Å². The van der Waals surface area contributed by atoms with Gasteiger partial charge in [-0.2, -0.15) is 0 Å². The molecular weight excluding hydrogens is 319 g/mol. The Morgan fingerprint density at radius 3 is 2.41 bits per heavy atom. The molecule has 122 valence electrons. The third-order valence-corrected chi connectivity index (χ3v) is 4.72. The molecule has 0 radical (unpaired) electrons. The van der Waals surface area contributed by atoms with Gasteiger partial charge < -0.3 is 10.6 Å². The molecule has 2 N–H and O–H groups in total. The van der Waals surface area contributed by atoms with Gasteiger partial charge in [0, 0.05) is 11.1 Å². The Kier molecular flexibility index (Phi) is 7.00. The first-order valence-electron chi connectivity index (χ1n) is 8.08. The summed E-state index contributed by atoms with van der Waals surface area (Å²) in [5.41, 5.74) is 0.599. The average Bonchev–Trinajstić information content (AvgIpc) is 2.44. The van der Waals surface area contributed by atoms with Gasteiger partial charge in [-0.05, 0) is 38.0 Å². The molecule has 0 aromatic heterocycles. The summed E-state index contributed by atoms with van der Waals surface area (Å²) >= 11 is 12.0. The van der Waals surface area contributed by atoms with Crippen molar-refractivity contribution in [3.8, 4) is 0 Å². The van der Waals surface area contributed by atoms with Crippen molar-refractivity contribution >= 4 is 34.8 Å². The normalized spacial score (nSPS) is 18.3. The molecule has 22 heavy (non-hydrogen) atoms. The van der Waals surface area contributed by atoms with Gasteiger partial charge in [-0.1, -0.05) is 55.3 Å². The van der Waals surface area contributed by atoms with Crippen molar-refractivity contribution in [1.29, 1.82) is 0 Å². The van der Waals surface area contributed by atoms with Crippen LogP contribution in [0.2, 0.25) is 10.0 Å². The number of benzene rings is 1. The molecule has 1 amide bonds. The molecule has 1 saturated carbocycles. The Bertz CT molecular complexity index is 499. The third-order valence-electron chi connectivity index (χ3n) is 4.17. The van der Waals surface area contributed by atoms with E-state index in [1.807, 2.05) is 6.92 Å². The number of anilines is 1. The maximum atomic E-state index is 12.3. The number of nitrogens with one attached hydrogen (secondary N) is 2. The summed E-state index contributed by atoms with van der Waals surface area (Å²) in [5.74, 6) is -0.0636. The molecule has 3 nitrogen and oxygen atoms in total. The summed E-state index contributed by atoms with van der Waals surface area (Å²) in [4.78, 5) is 12.3. The van der Waals surface area contributed by atoms with E-state index in [1.165, 1.54) is 32.1 Å². The van der Waals surface area contributed by atoms with Crippen molar-refractivity contribution in [3.63, 3.8) is 0 Å². The third kappa shape index (κ3) is 5.45. The molecule has 0 unspecified atom stereocenters. The van der Waals surface area contributed by atoms with Gasteiger partial charge in [0.05, 0.1) is 16.8 Å². The molecule has 1 aliphatic rings. The zero-order valence-electron chi connectivity index (χ0n) is 13.0. The summed E-state index contributed by atoms with van der Waals surface area (Å²) in [6, 6.07) is 5.27. The lowest BCUT2D eigenvalue weighted by Gasteiger charge is -2.24. The Morgan fingerprint density at radius 2 is 1.77 bits per heavy atom. The second-order valence-corrected chi connectivity index (χ2v) is 6.89. The molecule has 1 atom stereocenters. The van der Waals surface area contributed by atoms with E-state index in [2.05, 4.69) is 10.6 Å². The number of halogens is 2. The number of carbonyl (C=O) groups is 1. The first-order valence-corrected chi connectivity index (χ1v) is 8.84. The predicted molar refractivity (Wildman–Crippen MR) is 93.8 cm³/mol. The topological polar surface area (TPSA) is 41.1 Å². The second-order valence-electron chi connectivity index (χ2n) is 6.04. The Morgan fingerprint density at radius 1 is 1.14 bits per heavy atom. The van der Waals surface area contributed by atoms with Gasteiger partial charge in [-0.15, -0.1) is 0 Å². The Hall–Kier alpha value is -0.770. The highest BCUT2D eigenvalue weighted by atomic mass is 35.5. The van der Waals surface area contributed by atoms with Crippen LogP contribution in [-0.4, -0.2) is 18.0 Å². The Labute approximate surface area is 142 Å². The summed E-state index contributed by atoms with van der Waals surface area (Å²) in [6.07, 6.45) is 8.75. The van der Waals surface area contributed by atoms with Crippen LogP contribution in [-0.2, 0) is 4.79 Å². The zero-order chi connectivity index (χ0) is 15.9. The fourth-order valence-electron chi connectivity index (χ4n) is 2.88.